The average Bonchev–Trinajstić information content (AvgIpc) is 3.45. The van der Waals surface area contributed by atoms with Crippen molar-refractivity contribution >= 4 is 49.8 Å². The summed E-state index contributed by atoms with van der Waals surface area (Å²) in [7, 11) is 0. The van der Waals surface area contributed by atoms with E-state index in [1.54, 1.807) is 0 Å². The van der Waals surface area contributed by atoms with Crippen LogP contribution in [0, 0.1) is 0 Å². The van der Waals surface area contributed by atoms with E-state index in [4.69, 9.17) is 4.42 Å². The van der Waals surface area contributed by atoms with Crippen LogP contribution in [0.25, 0.3) is 55.0 Å². The van der Waals surface area contributed by atoms with E-state index >= 15 is 0 Å². The molecule has 0 aliphatic carbocycles. The summed E-state index contributed by atoms with van der Waals surface area (Å²) in [5.74, 6) is 0. The van der Waals surface area contributed by atoms with Crippen molar-refractivity contribution in [3.05, 3.63) is 164 Å². The first-order chi connectivity index (χ1) is 20.8. The first kappa shape index (κ1) is 24.2. The molecule has 0 saturated heterocycles. The molecule has 0 amide bonds. The number of rotatable bonds is 5. The van der Waals surface area contributed by atoms with Crippen LogP contribution in [0.2, 0.25) is 0 Å². The van der Waals surface area contributed by atoms with Gasteiger partial charge in [0.15, 0.2) is 0 Å². The van der Waals surface area contributed by atoms with Gasteiger partial charge in [-0.15, -0.1) is 0 Å². The van der Waals surface area contributed by atoms with Crippen LogP contribution in [0.1, 0.15) is 0 Å². The number of para-hydroxylation sites is 1. The van der Waals surface area contributed by atoms with Gasteiger partial charge in [-0.25, -0.2) is 0 Å². The molecule has 1 aromatic heterocycles. The van der Waals surface area contributed by atoms with E-state index in [1.165, 1.54) is 21.9 Å². The molecule has 0 N–H and O–H groups in total. The molecule has 198 valence electrons. The minimum Gasteiger partial charge on any atom is -0.455 e. The van der Waals surface area contributed by atoms with E-state index in [0.717, 1.165) is 50.1 Å². The fourth-order valence-corrected chi connectivity index (χ4v) is 6.04. The Kier molecular flexibility index (Phi) is 5.82. The Morgan fingerprint density at radius 3 is 1.71 bits per heavy atom. The van der Waals surface area contributed by atoms with Gasteiger partial charge in [-0.05, 0) is 76.0 Å². The number of fused-ring (bicyclic) bond motifs is 5. The first-order valence-corrected chi connectivity index (χ1v) is 14.3. The van der Waals surface area contributed by atoms with Crippen molar-refractivity contribution in [3.8, 4) is 22.3 Å². The molecule has 0 aliphatic heterocycles. The predicted molar refractivity (Wildman–Crippen MR) is 177 cm³/mol. The van der Waals surface area contributed by atoms with Gasteiger partial charge in [0.25, 0.3) is 0 Å². The minimum atomic E-state index is 0.884. The Morgan fingerprint density at radius 1 is 0.405 bits per heavy atom. The Morgan fingerprint density at radius 2 is 0.976 bits per heavy atom. The van der Waals surface area contributed by atoms with Gasteiger partial charge in [-0.1, -0.05) is 115 Å². The Balaban J connectivity index is 1.34. The fourth-order valence-electron chi connectivity index (χ4n) is 6.04. The van der Waals surface area contributed by atoms with Crippen LogP contribution < -0.4 is 4.90 Å². The van der Waals surface area contributed by atoms with Crippen molar-refractivity contribution in [3.63, 3.8) is 0 Å². The lowest BCUT2D eigenvalue weighted by Crippen LogP contribution is -2.09. The van der Waals surface area contributed by atoms with Crippen molar-refractivity contribution in [2.45, 2.75) is 0 Å². The fraction of sp³-hybridized carbons (Fsp3) is 0. The van der Waals surface area contributed by atoms with Crippen LogP contribution in [0.15, 0.2) is 168 Å². The molecule has 0 unspecified atom stereocenters. The van der Waals surface area contributed by atoms with Gasteiger partial charge < -0.3 is 9.32 Å². The van der Waals surface area contributed by atoms with Crippen LogP contribution in [-0.4, -0.2) is 0 Å². The Hall–Kier alpha value is -5.60. The van der Waals surface area contributed by atoms with Crippen LogP contribution >= 0.6 is 0 Å². The molecule has 1 heterocycles. The third-order valence-corrected chi connectivity index (χ3v) is 8.04. The predicted octanol–water partition coefficient (Wildman–Crippen LogP) is 11.5. The molecule has 8 rings (SSSR count). The number of nitrogens with zero attached hydrogens (tertiary/aromatic N) is 1. The Labute approximate surface area is 244 Å². The van der Waals surface area contributed by atoms with Gasteiger partial charge in [-0.3, -0.25) is 0 Å². The van der Waals surface area contributed by atoms with Gasteiger partial charge in [-0.2, -0.15) is 0 Å². The third kappa shape index (κ3) is 4.13. The van der Waals surface area contributed by atoms with Crippen LogP contribution in [0.3, 0.4) is 0 Å². The van der Waals surface area contributed by atoms with Crippen molar-refractivity contribution in [1.29, 1.82) is 0 Å². The lowest BCUT2D eigenvalue weighted by Gasteiger charge is -2.25. The highest BCUT2D eigenvalue weighted by Gasteiger charge is 2.19. The van der Waals surface area contributed by atoms with E-state index in [-0.39, 0.29) is 0 Å². The number of furan rings is 1. The zero-order valence-corrected chi connectivity index (χ0v) is 22.9. The smallest absolute Gasteiger partial charge is 0.143 e. The quantitative estimate of drug-likeness (QED) is 0.217. The maximum atomic E-state index is 6.64. The van der Waals surface area contributed by atoms with Crippen molar-refractivity contribution in [2.75, 3.05) is 4.90 Å². The Bertz CT molecular complexity index is 2160. The van der Waals surface area contributed by atoms with Crippen LogP contribution in [0.5, 0.6) is 0 Å². The molecule has 0 fully saturated rings. The van der Waals surface area contributed by atoms with E-state index < -0.39 is 0 Å². The van der Waals surface area contributed by atoms with Crippen molar-refractivity contribution < 1.29 is 4.42 Å². The third-order valence-electron chi connectivity index (χ3n) is 8.04. The number of hydrogen-bond donors (Lipinski definition) is 0. The zero-order valence-electron chi connectivity index (χ0n) is 22.9. The summed E-state index contributed by atoms with van der Waals surface area (Å²) in [5, 5.41) is 4.66. The highest BCUT2D eigenvalue weighted by molar-refractivity contribution is 6.23. The molecule has 8 aromatic rings. The highest BCUT2D eigenvalue weighted by Crippen LogP contribution is 2.44. The molecule has 7 aromatic carbocycles. The summed E-state index contributed by atoms with van der Waals surface area (Å²) < 4.78 is 6.64. The van der Waals surface area contributed by atoms with Gasteiger partial charge in [0.2, 0.25) is 0 Å². The number of benzene rings is 7. The molecule has 0 radical (unpaired) electrons. The monoisotopic (exact) mass is 537 g/mol. The van der Waals surface area contributed by atoms with Crippen LogP contribution in [0.4, 0.5) is 17.1 Å². The standard InChI is InChI=1S/C40H27NO/c1-4-12-28(13-5-1)29-20-22-33(23-21-29)41(32-17-8-3-9-18-32)34-24-25-38-37(27-34)39-35-19-11-10-16-31(35)26-36(40(39)42-38)30-14-6-2-7-15-30/h1-27H. The lowest BCUT2D eigenvalue weighted by atomic mass is 9.96. The van der Waals surface area contributed by atoms with Gasteiger partial charge in [0.1, 0.15) is 11.2 Å². The number of hydrogen-bond acceptors (Lipinski definition) is 2. The van der Waals surface area contributed by atoms with Crippen LogP contribution in [-0.2, 0) is 0 Å². The summed E-state index contributed by atoms with van der Waals surface area (Å²) >= 11 is 0. The SMILES string of the molecule is c1ccc(-c2ccc(N(c3ccccc3)c3ccc4oc5c(-c6ccccc6)cc6ccccc6c5c4c3)cc2)cc1. The van der Waals surface area contributed by atoms with Gasteiger partial charge in [0.05, 0.1) is 0 Å². The molecule has 2 heteroatoms. The normalized spacial score (nSPS) is 11.3. The van der Waals surface area contributed by atoms with Crippen molar-refractivity contribution in [2.24, 2.45) is 0 Å². The average molecular weight is 538 g/mol. The van der Waals surface area contributed by atoms with E-state index in [1.807, 2.05) is 0 Å². The summed E-state index contributed by atoms with van der Waals surface area (Å²) in [6, 6.07) is 57.8. The molecule has 0 bridgehead atoms. The second-order valence-electron chi connectivity index (χ2n) is 10.6. The van der Waals surface area contributed by atoms with Gasteiger partial charge >= 0.3 is 0 Å². The number of anilines is 3. The second kappa shape index (κ2) is 10.1. The zero-order chi connectivity index (χ0) is 27.9. The molecule has 0 aliphatic rings. The molecule has 0 spiro atoms. The largest absolute Gasteiger partial charge is 0.455 e. The summed E-state index contributed by atoms with van der Waals surface area (Å²) in [5.41, 5.74) is 9.76. The molecular weight excluding hydrogens is 510 g/mol. The molecule has 2 nitrogen and oxygen atoms in total. The van der Waals surface area contributed by atoms with Gasteiger partial charge in [0, 0.05) is 33.4 Å². The second-order valence-corrected chi connectivity index (χ2v) is 10.6. The summed E-state index contributed by atoms with van der Waals surface area (Å²) in [6.45, 7) is 0. The first-order valence-electron chi connectivity index (χ1n) is 14.3. The van der Waals surface area contributed by atoms with Crippen molar-refractivity contribution in [1.82, 2.24) is 0 Å². The topological polar surface area (TPSA) is 16.4 Å². The molecule has 0 atom stereocenters. The molecule has 42 heavy (non-hydrogen) atoms. The van der Waals surface area contributed by atoms with E-state index in [2.05, 4.69) is 169 Å². The maximum Gasteiger partial charge on any atom is 0.143 e. The summed E-state index contributed by atoms with van der Waals surface area (Å²) in [6.07, 6.45) is 0. The lowest BCUT2D eigenvalue weighted by molar-refractivity contribution is 0.670. The van der Waals surface area contributed by atoms with E-state index in [0.29, 0.717) is 0 Å². The summed E-state index contributed by atoms with van der Waals surface area (Å²) in [4.78, 5) is 2.32. The highest BCUT2D eigenvalue weighted by atomic mass is 16.3. The maximum absolute atomic E-state index is 6.64. The minimum absolute atomic E-state index is 0.884. The molecular formula is C40H27NO. The van der Waals surface area contributed by atoms with E-state index in [9.17, 15) is 0 Å². The molecule has 0 saturated carbocycles.